The van der Waals surface area contributed by atoms with E-state index < -0.39 is 30.6 Å². The van der Waals surface area contributed by atoms with E-state index in [1.54, 1.807) is 24.3 Å². The number of unbranched alkanes of at least 4 members (excludes halogenated alkanes) is 15. The van der Waals surface area contributed by atoms with Crippen molar-refractivity contribution < 1.29 is 33.3 Å². The smallest absolute Gasteiger partial charge is 0.418 e. The number of ether oxygens (including phenoxy) is 4. The molecule has 1 aliphatic heterocycles. The molecule has 2 atom stereocenters. The second-order valence-electron chi connectivity index (χ2n) is 14.2. The molecule has 3 rings (SSSR count). The molecule has 300 valence electrons. The van der Waals surface area contributed by atoms with Gasteiger partial charge in [0.1, 0.15) is 23.4 Å². The molecular formula is C44H67N3O7. The highest BCUT2D eigenvalue weighted by molar-refractivity contribution is 5.72. The lowest BCUT2D eigenvalue weighted by Crippen LogP contribution is -2.52. The molecule has 10 nitrogen and oxygen atoms in total. The number of rotatable bonds is 26. The molecule has 2 aromatic carbocycles. The topological polar surface area (TPSA) is 115 Å². The normalized spacial score (nSPS) is 15.5. The van der Waals surface area contributed by atoms with Gasteiger partial charge in [-0.25, -0.2) is 14.4 Å². The Morgan fingerprint density at radius 3 is 1.74 bits per heavy atom. The third-order valence-corrected chi connectivity index (χ3v) is 9.52. The fourth-order valence-corrected chi connectivity index (χ4v) is 6.35. The molecule has 0 aliphatic carbocycles. The molecule has 1 fully saturated rings. The Morgan fingerprint density at radius 2 is 1.13 bits per heavy atom. The number of hydrogen-bond donors (Lipinski definition) is 2. The van der Waals surface area contributed by atoms with Crippen LogP contribution in [-0.4, -0.2) is 55.1 Å². The van der Waals surface area contributed by atoms with E-state index in [-0.39, 0.29) is 13.0 Å². The van der Waals surface area contributed by atoms with E-state index in [0.29, 0.717) is 36.8 Å². The van der Waals surface area contributed by atoms with Gasteiger partial charge >= 0.3 is 18.3 Å². The van der Waals surface area contributed by atoms with Crippen molar-refractivity contribution in [3.8, 4) is 17.2 Å². The third kappa shape index (κ3) is 19.7. The summed E-state index contributed by atoms with van der Waals surface area (Å²) in [5.74, 6) is 1.62. The van der Waals surface area contributed by atoms with Crippen LogP contribution in [0.5, 0.6) is 17.2 Å². The summed E-state index contributed by atoms with van der Waals surface area (Å²) in [4.78, 5) is 40.1. The van der Waals surface area contributed by atoms with Crippen LogP contribution in [0.2, 0.25) is 0 Å². The summed E-state index contributed by atoms with van der Waals surface area (Å²) in [6.07, 6.45) is 23.2. The summed E-state index contributed by atoms with van der Waals surface area (Å²) in [5.41, 5.74) is 0. The van der Waals surface area contributed by atoms with Crippen LogP contribution in [-0.2, 0) is 9.47 Å². The van der Waals surface area contributed by atoms with Crippen molar-refractivity contribution in [3.63, 3.8) is 0 Å². The molecule has 1 heterocycles. The van der Waals surface area contributed by atoms with Crippen molar-refractivity contribution in [1.29, 1.82) is 0 Å². The van der Waals surface area contributed by atoms with Crippen molar-refractivity contribution in [3.05, 3.63) is 66.7 Å². The highest BCUT2D eigenvalue weighted by Crippen LogP contribution is 2.26. The fourth-order valence-electron chi connectivity index (χ4n) is 6.35. The van der Waals surface area contributed by atoms with E-state index in [1.165, 1.54) is 69.1 Å². The molecule has 10 heteroatoms. The van der Waals surface area contributed by atoms with Crippen molar-refractivity contribution >= 4 is 18.3 Å². The van der Waals surface area contributed by atoms with Crippen molar-refractivity contribution in [2.75, 3.05) is 19.6 Å². The minimum atomic E-state index is -0.964. The van der Waals surface area contributed by atoms with Gasteiger partial charge in [0.05, 0.1) is 0 Å². The molecule has 3 amide bonds. The zero-order valence-corrected chi connectivity index (χ0v) is 33.1. The van der Waals surface area contributed by atoms with Gasteiger partial charge in [-0.1, -0.05) is 121 Å². The molecule has 0 radical (unpaired) electrons. The number of para-hydroxylation sites is 1. The molecule has 0 spiro atoms. The largest absolute Gasteiger partial charge is 0.457 e. The Balaban J connectivity index is 1.39. The number of nitrogens with zero attached hydrogens (tertiary/aromatic N) is 1. The molecular weight excluding hydrogens is 682 g/mol. The standard InChI is InChI=1S/C44H67N3O7/c1-3-5-7-9-10-11-12-13-14-15-16-17-18-19-20-25-34-46-43(49)54-41-36-40(52-42(48)45-33-24-8-6-4-2)32-35-47(41)44(50)53-39-30-28-38(29-31-39)51-37-26-22-21-23-27-37/h13-14,21-23,26-31,40-41H,3-12,15-20,24-25,32-36H2,1-2H3,(H,45,48)(H,46,49). The molecule has 2 N–H and O–H groups in total. The molecule has 1 saturated heterocycles. The Labute approximate surface area is 324 Å². The number of carbonyl (C=O) groups is 3. The lowest BCUT2D eigenvalue weighted by Gasteiger charge is -2.37. The number of hydrogen-bond acceptors (Lipinski definition) is 7. The van der Waals surface area contributed by atoms with Gasteiger partial charge in [-0.3, -0.25) is 4.90 Å². The molecule has 54 heavy (non-hydrogen) atoms. The van der Waals surface area contributed by atoms with Crippen molar-refractivity contribution in [2.45, 2.75) is 155 Å². The average molecular weight is 750 g/mol. The number of benzene rings is 2. The van der Waals surface area contributed by atoms with Gasteiger partial charge in [0.15, 0.2) is 6.23 Å². The summed E-state index contributed by atoms with van der Waals surface area (Å²) >= 11 is 0. The van der Waals surface area contributed by atoms with Crippen molar-refractivity contribution in [1.82, 2.24) is 15.5 Å². The Morgan fingerprint density at radius 1 is 0.630 bits per heavy atom. The van der Waals surface area contributed by atoms with E-state index in [2.05, 4.69) is 36.6 Å². The van der Waals surface area contributed by atoms with Crippen LogP contribution >= 0.6 is 0 Å². The van der Waals surface area contributed by atoms with Crippen LogP contribution < -0.4 is 20.1 Å². The maximum Gasteiger partial charge on any atom is 0.418 e. The summed E-state index contributed by atoms with van der Waals surface area (Å²) in [7, 11) is 0. The SMILES string of the molecule is CCCCCCCCC=CCCCCCCCCNC(=O)OC1CC(OC(=O)NCCCCCC)CCN1C(=O)Oc1ccc(Oc2ccccc2)cc1. The second-order valence-corrected chi connectivity index (χ2v) is 14.2. The van der Waals surface area contributed by atoms with Crippen LogP contribution in [0.4, 0.5) is 14.4 Å². The van der Waals surface area contributed by atoms with Crippen LogP contribution in [0.3, 0.4) is 0 Å². The first-order chi connectivity index (χ1) is 26.5. The molecule has 0 saturated carbocycles. The zero-order valence-electron chi connectivity index (χ0n) is 33.1. The lowest BCUT2D eigenvalue weighted by atomic mass is 10.1. The van der Waals surface area contributed by atoms with E-state index in [1.807, 2.05) is 30.3 Å². The highest BCUT2D eigenvalue weighted by Gasteiger charge is 2.37. The van der Waals surface area contributed by atoms with Gasteiger partial charge in [-0.15, -0.1) is 0 Å². The van der Waals surface area contributed by atoms with Gasteiger partial charge in [0.25, 0.3) is 0 Å². The summed E-state index contributed by atoms with van der Waals surface area (Å²) in [6, 6.07) is 16.1. The monoisotopic (exact) mass is 749 g/mol. The Kier molecular flexibility index (Phi) is 23.1. The van der Waals surface area contributed by atoms with E-state index >= 15 is 0 Å². The van der Waals surface area contributed by atoms with Crippen LogP contribution in [0.1, 0.15) is 142 Å². The Hall–Kier alpha value is -4.21. The first-order valence-electron chi connectivity index (χ1n) is 20.8. The van der Waals surface area contributed by atoms with Crippen LogP contribution in [0.15, 0.2) is 66.7 Å². The molecule has 0 aromatic heterocycles. The number of alkyl carbamates (subject to hydrolysis) is 2. The van der Waals surface area contributed by atoms with E-state index in [0.717, 1.165) is 51.4 Å². The predicted molar refractivity (Wildman–Crippen MR) is 215 cm³/mol. The van der Waals surface area contributed by atoms with Gasteiger partial charge in [-0.2, -0.15) is 0 Å². The van der Waals surface area contributed by atoms with E-state index in [9.17, 15) is 14.4 Å². The highest BCUT2D eigenvalue weighted by atomic mass is 16.6. The van der Waals surface area contributed by atoms with Crippen LogP contribution in [0.25, 0.3) is 0 Å². The van der Waals surface area contributed by atoms with Gasteiger partial charge in [0, 0.05) is 32.5 Å². The zero-order chi connectivity index (χ0) is 38.5. The minimum absolute atomic E-state index is 0.143. The maximum absolute atomic E-state index is 13.4. The van der Waals surface area contributed by atoms with Crippen LogP contribution in [0, 0.1) is 0 Å². The number of likely N-dealkylation sites (tertiary alicyclic amines) is 1. The average Bonchev–Trinajstić information content (AvgIpc) is 3.17. The maximum atomic E-state index is 13.4. The number of carbonyl (C=O) groups excluding carboxylic acids is 3. The summed E-state index contributed by atoms with van der Waals surface area (Å²) in [5, 5.41) is 5.64. The third-order valence-electron chi connectivity index (χ3n) is 9.52. The minimum Gasteiger partial charge on any atom is -0.457 e. The molecule has 2 unspecified atom stereocenters. The van der Waals surface area contributed by atoms with E-state index in [4.69, 9.17) is 18.9 Å². The van der Waals surface area contributed by atoms with Gasteiger partial charge in [-0.05, 0) is 74.9 Å². The number of amides is 3. The number of allylic oxidation sites excluding steroid dienone is 2. The fraction of sp³-hybridized carbons (Fsp3) is 0.614. The molecule has 0 bridgehead atoms. The Bertz CT molecular complexity index is 1320. The summed E-state index contributed by atoms with van der Waals surface area (Å²) < 4.78 is 22.9. The number of piperidine rings is 1. The quantitative estimate of drug-likeness (QED) is 0.0726. The number of nitrogens with one attached hydrogen (secondary N) is 2. The van der Waals surface area contributed by atoms with Crippen molar-refractivity contribution in [2.24, 2.45) is 0 Å². The lowest BCUT2D eigenvalue weighted by molar-refractivity contribution is -0.0617. The molecule has 1 aliphatic rings. The predicted octanol–water partition coefficient (Wildman–Crippen LogP) is 11.8. The van der Waals surface area contributed by atoms with Gasteiger partial charge in [0.2, 0.25) is 0 Å². The van der Waals surface area contributed by atoms with Gasteiger partial charge < -0.3 is 29.6 Å². The summed E-state index contributed by atoms with van der Waals surface area (Å²) in [6.45, 7) is 5.61. The second kappa shape index (κ2) is 28.3. The molecule has 2 aromatic rings. The first kappa shape index (κ1) is 44.2. The first-order valence-corrected chi connectivity index (χ1v) is 20.8.